The van der Waals surface area contributed by atoms with Gasteiger partial charge in [-0.2, -0.15) is 11.8 Å². The first-order chi connectivity index (χ1) is 10.0. The van der Waals surface area contributed by atoms with E-state index >= 15 is 0 Å². The van der Waals surface area contributed by atoms with Gasteiger partial charge in [0.1, 0.15) is 0 Å². The fourth-order valence-electron chi connectivity index (χ4n) is 2.32. The molecule has 1 aliphatic rings. The zero-order chi connectivity index (χ0) is 15.3. The van der Waals surface area contributed by atoms with E-state index in [4.69, 9.17) is 11.6 Å². The molecule has 1 aliphatic heterocycles. The number of guanidine groups is 1. The van der Waals surface area contributed by atoms with Crippen LogP contribution in [0.4, 0.5) is 0 Å². The van der Waals surface area contributed by atoms with Crippen molar-refractivity contribution in [3.05, 3.63) is 34.9 Å². The van der Waals surface area contributed by atoms with E-state index in [0.717, 1.165) is 34.5 Å². The van der Waals surface area contributed by atoms with Crippen LogP contribution in [0.2, 0.25) is 5.02 Å². The Bertz CT molecular complexity index is 503. The average Bonchev–Trinajstić information content (AvgIpc) is 2.89. The summed E-state index contributed by atoms with van der Waals surface area (Å²) in [5.41, 5.74) is 0.436. The Morgan fingerprint density at radius 3 is 2.90 bits per heavy atom. The molecule has 2 rings (SSSR count). The summed E-state index contributed by atoms with van der Waals surface area (Å²) in [5.74, 6) is 2.57. The van der Waals surface area contributed by atoms with Gasteiger partial charge in [-0.15, -0.1) is 0 Å². The van der Waals surface area contributed by atoms with Gasteiger partial charge in [0, 0.05) is 38.0 Å². The molecule has 1 aromatic rings. The van der Waals surface area contributed by atoms with E-state index in [-0.39, 0.29) is 0 Å². The molecule has 1 aromatic carbocycles. The summed E-state index contributed by atoms with van der Waals surface area (Å²) in [6, 6.07) is 7.79. The van der Waals surface area contributed by atoms with Crippen molar-refractivity contribution >= 4 is 29.3 Å². The number of aliphatic hydroxyl groups is 1. The molecular weight excluding hydrogens is 306 g/mol. The minimum absolute atomic E-state index is 0.527. The van der Waals surface area contributed by atoms with Crippen LogP contribution in [-0.2, 0) is 6.54 Å². The molecule has 1 unspecified atom stereocenters. The zero-order valence-corrected chi connectivity index (χ0v) is 14.0. The smallest absolute Gasteiger partial charge is 0.193 e. The average molecular weight is 328 g/mol. The molecule has 0 amide bonds. The monoisotopic (exact) mass is 327 g/mol. The Balaban J connectivity index is 1.93. The van der Waals surface area contributed by atoms with Crippen LogP contribution in [0.1, 0.15) is 12.0 Å². The van der Waals surface area contributed by atoms with Crippen molar-refractivity contribution in [2.24, 2.45) is 4.99 Å². The standard InChI is InChI=1S/C15H22ClN3OS/c1-17-14(18-10-15(20)7-8-21-11-15)19(2)9-12-5-3-4-6-13(12)16/h3-6,20H,7-11H2,1-2H3,(H,17,18). The number of halogens is 1. The third-order valence-electron chi connectivity index (χ3n) is 3.60. The number of thioether (sulfide) groups is 1. The third-order valence-corrected chi connectivity index (χ3v) is 5.20. The molecule has 0 saturated carbocycles. The van der Waals surface area contributed by atoms with Crippen LogP contribution in [-0.4, -0.2) is 53.7 Å². The van der Waals surface area contributed by atoms with Crippen molar-refractivity contribution in [1.29, 1.82) is 0 Å². The van der Waals surface area contributed by atoms with Crippen molar-refractivity contribution in [2.75, 3.05) is 32.1 Å². The summed E-state index contributed by atoms with van der Waals surface area (Å²) < 4.78 is 0. The molecule has 6 heteroatoms. The lowest BCUT2D eigenvalue weighted by Gasteiger charge is -2.27. The largest absolute Gasteiger partial charge is 0.387 e. The van der Waals surface area contributed by atoms with Gasteiger partial charge < -0.3 is 15.3 Å². The maximum atomic E-state index is 10.4. The van der Waals surface area contributed by atoms with Gasteiger partial charge in [-0.05, 0) is 23.8 Å². The predicted molar refractivity (Wildman–Crippen MR) is 91.2 cm³/mol. The number of benzene rings is 1. The Hall–Kier alpha value is -0.910. The van der Waals surface area contributed by atoms with Crippen molar-refractivity contribution in [3.63, 3.8) is 0 Å². The van der Waals surface area contributed by atoms with Crippen LogP contribution in [0.25, 0.3) is 0 Å². The lowest BCUT2D eigenvalue weighted by Crippen LogP contribution is -2.47. The molecule has 0 aromatic heterocycles. The molecule has 116 valence electrons. The van der Waals surface area contributed by atoms with Crippen molar-refractivity contribution in [3.8, 4) is 0 Å². The van der Waals surface area contributed by atoms with E-state index in [0.29, 0.717) is 13.1 Å². The zero-order valence-electron chi connectivity index (χ0n) is 12.5. The fourth-order valence-corrected chi connectivity index (χ4v) is 3.81. The van der Waals surface area contributed by atoms with E-state index in [2.05, 4.69) is 10.3 Å². The van der Waals surface area contributed by atoms with Crippen LogP contribution in [0.3, 0.4) is 0 Å². The van der Waals surface area contributed by atoms with Gasteiger partial charge >= 0.3 is 0 Å². The van der Waals surface area contributed by atoms with Gasteiger partial charge in [0.05, 0.1) is 5.60 Å². The number of hydrogen-bond acceptors (Lipinski definition) is 3. The Morgan fingerprint density at radius 1 is 1.52 bits per heavy atom. The van der Waals surface area contributed by atoms with E-state index in [9.17, 15) is 5.11 Å². The minimum Gasteiger partial charge on any atom is -0.387 e. The van der Waals surface area contributed by atoms with Crippen LogP contribution in [0.5, 0.6) is 0 Å². The van der Waals surface area contributed by atoms with Crippen molar-refractivity contribution < 1.29 is 5.11 Å². The van der Waals surface area contributed by atoms with Crippen molar-refractivity contribution in [2.45, 2.75) is 18.6 Å². The Labute approximate surface area is 135 Å². The number of rotatable bonds is 4. The summed E-state index contributed by atoms with van der Waals surface area (Å²) in [7, 11) is 3.71. The summed E-state index contributed by atoms with van der Waals surface area (Å²) >= 11 is 7.98. The SMILES string of the molecule is CN=C(NCC1(O)CCSC1)N(C)Cc1ccccc1Cl. The summed E-state index contributed by atoms with van der Waals surface area (Å²) in [5, 5.41) is 14.4. The van der Waals surface area contributed by atoms with Gasteiger partial charge in [-0.25, -0.2) is 0 Å². The van der Waals surface area contributed by atoms with Gasteiger partial charge in [0.15, 0.2) is 5.96 Å². The number of nitrogens with one attached hydrogen (secondary N) is 1. The predicted octanol–water partition coefficient (Wildman–Crippen LogP) is 2.22. The highest BCUT2D eigenvalue weighted by Crippen LogP contribution is 2.27. The summed E-state index contributed by atoms with van der Waals surface area (Å²) in [6.45, 7) is 1.20. The molecule has 2 N–H and O–H groups in total. The molecule has 1 heterocycles. The van der Waals surface area contributed by atoms with Gasteiger partial charge in [0.2, 0.25) is 0 Å². The van der Waals surface area contributed by atoms with E-state index in [1.807, 2.05) is 36.2 Å². The highest BCUT2D eigenvalue weighted by atomic mass is 35.5. The molecule has 21 heavy (non-hydrogen) atoms. The molecule has 1 atom stereocenters. The first-order valence-electron chi connectivity index (χ1n) is 6.99. The second kappa shape index (κ2) is 7.38. The molecule has 1 fully saturated rings. The van der Waals surface area contributed by atoms with E-state index in [1.165, 1.54) is 0 Å². The summed E-state index contributed by atoms with van der Waals surface area (Å²) in [6.07, 6.45) is 0.829. The highest BCUT2D eigenvalue weighted by Gasteiger charge is 2.31. The number of hydrogen-bond donors (Lipinski definition) is 2. The minimum atomic E-state index is -0.619. The molecule has 0 radical (unpaired) electrons. The molecule has 4 nitrogen and oxygen atoms in total. The Kier molecular flexibility index (Phi) is 5.79. The highest BCUT2D eigenvalue weighted by molar-refractivity contribution is 7.99. The molecule has 0 bridgehead atoms. The molecular formula is C15H22ClN3OS. The first kappa shape index (κ1) is 16.5. The van der Waals surface area contributed by atoms with Gasteiger partial charge in [0.25, 0.3) is 0 Å². The first-order valence-corrected chi connectivity index (χ1v) is 8.53. The van der Waals surface area contributed by atoms with Gasteiger partial charge in [-0.3, -0.25) is 4.99 Å². The Morgan fingerprint density at radius 2 is 2.29 bits per heavy atom. The quantitative estimate of drug-likeness (QED) is 0.657. The third kappa shape index (κ3) is 4.53. The molecule has 0 spiro atoms. The lowest BCUT2D eigenvalue weighted by atomic mass is 10.0. The van der Waals surface area contributed by atoms with Crippen molar-refractivity contribution in [1.82, 2.24) is 10.2 Å². The molecule has 1 saturated heterocycles. The number of aliphatic imine (C=N–C) groups is 1. The van der Waals surface area contributed by atoms with Gasteiger partial charge in [-0.1, -0.05) is 29.8 Å². The maximum Gasteiger partial charge on any atom is 0.193 e. The lowest BCUT2D eigenvalue weighted by molar-refractivity contribution is 0.0718. The topological polar surface area (TPSA) is 47.9 Å². The van der Waals surface area contributed by atoms with E-state index < -0.39 is 5.60 Å². The maximum absolute atomic E-state index is 10.4. The van der Waals surface area contributed by atoms with Crippen LogP contribution >= 0.6 is 23.4 Å². The fraction of sp³-hybridized carbons (Fsp3) is 0.533. The van der Waals surface area contributed by atoms with Crippen LogP contribution in [0.15, 0.2) is 29.3 Å². The normalized spacial score (nSPS) is 22.4. The molecule has 0 aliphatic carbocycles. The second-order valence-electron chi connectivity index (χ2n) is 5.38. The van der Waals surface area contributed by atoms with Crippen LogP contribution in [0, 0.1) is 0 Å². The van der Waals surface area contributed by atoms with Crippen LogP contribution < -0.4 is 5.32 Å². The number of nitrogens with zero attached hydrogens (tertiary/aromatic N) is 2. The summed E-state index contributed by atoms with van der Waals surface area (Å²) in [4.78, 5) is 6.28. The van der Waals surface area contributed by atoms with E-state index in [1.54, 1.807) is 18.8 Å². The second-order valence-corrected chi connectivity index (χ2v) is 6.89.